The minimum atomic E-state index is -0.344. The number of aromatic nitrogens is 1. The summed E-state index contributed by atoms with van der Waals surface area (Å²) in [5, 5.41) is 5.12. The van der Waals surface area contributed by atoms with E-state index in [4.69, 9.17) is 0 Å². The molecule has 2 rings (SSSR count). The number of nitrogens with zero attached hydrogens (tertiary/aromatic N) is 1. The lowest BCUT2D eigenvalue weighted by Gasteiger charge is -1.87. The zero-order valence-corrected chi connectivity index (χ0v) is 12.3. The second-order valence-corrected chi connectivity index (χ2v) is 5.77. The fourth-order valence-electron chi connectivity index (χ4n) is 1.40. The molecule has 0 unspecified atom stereocenters. The third-order valence-electron chi connectivity index (χ3n) is 2.31. The molecule has 0 N–H and O–H groups in total. The van der Waals surface area contributed by atoms with Gasteiger partial charge in [0.05, 0.1) is 17.8 Å². The molecule has 0 aliphatic carbocycles. The number of thiophene rings is 1. The second kappa shape index (κ2) is 6.45. The van der Waals surface area contributed by atoms with Crippen LogP contribution in [-0.2, 0) is 9.53 Å². The van der Waals surface area contributed by atoms with Crippen molar-refractivity contribution >= 4 is 46.9 Å². The third-order valence-corrected chi connectivity index (χ3v) is 4.02. The summed E-state index contributed by atoms with van der Waals surface area (Å²) < 4.78 is 4.54. The number of thiazole rings is 1. The van der Waals surface area contributed by atoms with Crippen LogP contribution < -0.4 is 0 Å². The quantitative estimate of drug-likeness (QED) is 0.634. The summed E-state index contributed by atoms with van der Waals surface area (Å²) in [6.07, 6.45) is 7.17. The van der Waals surface area contributed by atoms with Crippen molar-refractivity contribution in [3.8, 4) is 0 Å². The molecule has 0 aliphatic heterocycles. The number of rotatable bonds is 4. The van der Waals surface area contributed by atoms with Gasteiger partial charge in [0, 0.05) is 16.3 Å². The Morgan fingerprint density at radius 3 is 2.79 bits per heavy atom. The van der Waals surface area contributed by atoms with Gasteiger partial charge in [-0.15, -0.1) is 22.7 Å². The monoisotopic (exact) mass is 291 g/mol. The maximum Gasteiger partial charge on any atom is 0.330 e. The van der Waals surface area contributed by atoms with Crippen molar-refractivity contribution in [2.45, 2.75) is 6.92 Å². The Morgan fingerprint density at radius 1 is 1.26 bits per heavy atom. The largest absolute Gasteiger partial charge is 0.466 e. The number of aryl methyl sites for hydroxylation is 1. The molecular formula is C14H13NO2S2. The molecule has 0 fully saturated rings. The molecule has 0 atom stereocenters. The minimum Gasteiger partial charge on any atom is -0.466 e. The standard InChI is InChI=1S/C14H13NO2S2/c1-10-15-12(9-18-10)4-3-11-7-13(19-8-11)5-6-14(16)17-2/h3-9H,1-2H3/b4-3+,6-5+. The molecule has 0 amide bonds. The molecule has 0 bridgehead atoms. The molecule has 0 spiro atoms. The summed E-state index contributed by atoms with van der Waals surface area (Å²) in [4.78, 5) is 16.4. The van der Waals surface area contributed by atoms with Crippen LogP contribution in [0, 0.1) is 6.92 Å². The summed E-state index contributed by atoms with van der Waals surface area (Å²) in [7, 11) is 1.37. The van der Waals surface area contributed by atoms with Crippen LogP contribution in [0.3, 0.4) is 0 Å². The van der Waals surface area contributed by atoms with Crippen LogP contribution >= 0.6 is 22.7 Å². The average Bonchev–Trinajstić information content (AvgIpc) is 3.02. The topological polar surface area (TPSA) is 39.2 Å². The number of ether oxygens (including phenoxy) is 1. The van der Waals surface area contributed by atoms with Crippen LogP contribution in [0.4, 0.5) is 0 Å². The van der Waals surface area contributed by atoms with Crippen molar-refractivity contribution in [3.63, 3.8) is 0 Å². The molecule has 98 valence electrons. The lowest BCUT2D eigenvalue weighted by molar-refractivity contribution is -0.134. The van der Waals surface area contributed by atoms with E-state index in [1.54, 1.807) is 28.7 Å². The number of hydrogen-bond acceptors (Lipinski definition) is 5. The Hall–Kier alpha value is -1.72. The zero-order chi connectivity index (χ0) is 13.7. The van der Waals surface area contributed by atoms with Gasteiger partial charge in [-0.05, 0) is 36.1 Å². The molecule has 3 nitrogen and oxygen atoms in total. The van der Waals surface area contributed by atoms with Gasteiger partial charge in [-0.3, -0.25) is 0 Å². The van der Waals surface area contributed by atoms with Crippen LogP contribution in [0.5, 0.6) is 0 Å². The van der Waals surface area contributed by atoms with E-state index in [0.29, 0.717) is 0 Å². The van der Waals surface area contributed by atoms with Crippen molar-refractivity contribution in [2.75, 3.05) is 7.11 Å². The molecule has 0 saturated heterocycles. The first-order chi connectivity index (χ1) is 9.17. The predicted octanol–water partition coefficient (Wildman–Crippen LogP) is 3.87. The normalized spacial score (nSPS) is 11.5. The van der Waals surface area contributed by atoms with Gasteiger partial charge in [0.2, 0.25) is 0 Å². The van der Waals surface area contributed by atoms with E-state index in [-0.39, 0.29) is 5.97 Å². The minimum absolute atomic E-state index is 0.344. The van der Waals surface area contributed by atoms with Gasteiger partial charge in [0.1, 0.15) is 0 Å². The van der Waals surface area contributed by atoms with E-state index in [0.717, 1.165) is 21.1 Å². The summed E-state index contributed by atoms with van der Waals surface area (Å²) in [6.45, 7) is 1.99. The first-order valence-electron chi connectivity index (χ1n) is 5.62. The van der Waals surface area contributed by atoms with Gasteiger partial charge in [-0.1, -0.05) is 6.08 Å². The van der Waals surface area contributed by atoms with E-state index in [1.807, 2.05) is 35.9 Å². The Bertz CT molecular complexity index is 623. The number of carbonyl (C=O) groups excluding carboxylic acids is 1. The first-order valence-corrected chi connectivity index (χ1v) is 7.38. The number of carbonyl (C=O) groups is 1. The van der Waals surface area contributed by atoms with E-state index >= 15 is 0 Å². The molecular weight excluding hydrogens is 278 g/mol. The summed E-state index contributed by atoms with van der Waals surface area (Å²) in [5.74, 6) is -0.344. The Balaban J connectivity index is 2.03. The zero-order valence-electron chi connectivity index (χ0n) is 10.6. The average molecular weight is 291 g/mol. The Kier molecular flexibility index (Phi) is 4.65. The van der Waals surface area contributed by atoms with E-state index < -0.39 is 0 Å². The molecule has 0 aliphatic rings. The van der Waals surface area contributed by atoms with E-state index in [9.17, 15) is 4.79 Å². The van der Waals surface area contributed by atoms with Crippen LogP contribution in [0.1, 0.15) is 21.1 Å². The molecule has 2 heterocycles. The summed E-state index contributed by atoms with van der Waals surface area (Å²) in [6, 6.07) is 2.01. The molecule has 0 aromatic carbocycles. The first kappa shape index (κ1) is 13.7. The number of hydrogen-bond donors (Lipinski definition) is 0. The molecule has 19 heavy (non-hydrogen) atoms. The van der Waals surface area contributed by atoms with Crippen LogP contribution in [0.15, 0.2) is 22.9 Å². The van der Waals surface area contributed by atoms with E-state index in [1.165, 1.54) is 13.2 Å². The van der Waals surface area contributed by atoms with Gasteiger partial charge in [0.25, 0.3) is 0 Å². The highest BCUT2D eigenvalue weighted by molar-refractivity contribution is 7.11. The second-order valence-electron chi connectivity index (χ2n) is 3.76. The van der Waals surface area contributed by atoms with Gasteiger partial charge >= 0.3 is 5.97 Å². The highest BCUT2D eigenvalue weighted by atomic mass is 32.1. The Labute approximate surface area is 119 Å². The molecule has 0 saturated carbocycles. The third kappa shape index (κ3) is 4.15. The highest BCUT2D eigenvalue weighted by Crippen LogP contribution is 2.19. The molecule has 2 aromatic heterocycles. The maximum atomic E-state index is 11.0. The predicted molar refractivity (Wildman–Crippen MR) is 81.1 cm³/mol. The van der Waals surface area contributed by atoms with Gasteiger partial charge in [-0.2, -0.15) is 0 Å². The van der Waals surface area contributed by atoms with E-state index in [2.05, 4.69) is 9.72 Å². The van der Waals surface area contributed by atoms with Crippen molar-refractivity contribution in [1.29, 1.82) is 0 Å². The molecule has 5 heteroatoms. The van der Waals surface area contributed by atoms with Crippen LogP contribution in [0.25, 0.3) is 18.2 Å². The molecule has 2 aromatic rings. The summed E-state index contributed by atoms with van der Waals surface area (Å²) in [5.41, 5.74) is 2.07. The molecule has 0 radical (unpaired) electrons. The van der Waals surface area contributed by atoms with Crippen molar-refractivity contribution < 1.29 is 9.53 Å². The summed E-state index contributed by atoms with van der Waals surface area (Å²) >= 11 is 3.21. The van der Waals surface area contributed by atoms with Crippen LogP contribution in [0.2, 0.25) is 0 Å². The van der Waals surface area contributed by atoms with Crippen LogP contribution in [-0.4, -0.2) is 18.1 Å². The number of methoxy groups -OCH3 is 1. The van der Waals surface area contributed by atoms with Gasteiger partial charge < -0.3 is 4.74 Å². The smallest absolute Gasteiger partial charge is 0.330 e. The SMILES string of the molecule is COC(=O)/C=C/c1cc(/C=C/c2csc(C)n2)cs1. The van der Waals surface area contributed by atoms with Crippen molar-refractivity contribution in [2.24, 2.45) is 0 Å². The fraction of sp³-hybridized carbons (Fsp3) is 0.143. The fourth-order valence-corrected chi connectivity index (χ4v) is 2.75. The Morgan fingerprint density at radius 2 is 2.11 bits per heavy atom. The number of esters is 1. The van der Waals surface area contributed by atoms with Crippen molar-refractivity contribution in [1.82, 2.24) is 4.98 Å². The van der Waals surface area contributed by atoms with Gasteiger partial charge in [0.15, 0.2) is 0 Å². The van der Waals surface area contributed by atoms with Gasteiger partial charge in [-0.25, -0.2) is 9.78 Å². The lowest BCUT2D eigenvalue weighted by Crippen LogP contribution is -1.92. The highest BCUT2D eigenvalue weighted by Gasteiger charge is 1.97. The van der Waals surface area contributed by atoms with Crippen molar-refractivity contribution in [3.05, 3.63) is 44.0 Å². The lowest BCUT2D eigenvalue weighted by atomic mass is 10.2. The maximum absolute atomic E-state index is 11.0.